The van der Waals surface area contributed by atoms with Gasteiger partial charge in [0, 0.05) is 36.7 Å². The van der Waals surface area contributed by atoms with Crippen LogP contribution in [0.4, 0.5) is 0 Å². The van der Waals surface area contributed by atoms with Crippen LogP contribution < -0.4 is 16.1 Å². The average molecular weight is 288 g/mol. The number of likely N-dealkylation sites (tertiary alicyclic amines) is 1. The fourth-order valence-electron chi connectivity index (χ4n) is 2.38. The third-order valence-electron chi connectivity index (χ3n) is 3.53. The average Bonchev–Trinajstić information content (AvgIpc) is 2.91. The van der Waals surface area contributed by atoms with Gasteiger partial charge >= 0.3 is 5.63 Å². The Morgan fingerprint density at radius 3 is 2.95 bits per heavy atom. The molecule has 1 saturated heterocycles. The summed E-state index contributed by atoms with van der Waals surface area (Å²) < 4.78 is 10.5. The van der Waals surface area contributed by atoms with Gasteiger partial charge in [0.1, 0.15) is 11.3 Å². The maximum atomic E-state index is 12.0. The SMILES string of the molecule is N[C@@H]1CCN(C(=O)COc2ccc3ccc(=O)oc3c2)C1. The number of amides is 1. The lowest BCUT2D eigenvalue weighted by molar-refractivity contribution is -0.132. The molecule has 2 aromatic rings. The van der Waals surface area contributed by atoms with Crippen LogP contribution in [0.15, 0.2) is 39.5 Å². The van der Waals surface area contributed by atoms with Crippen molar-refractivity contribution in [2.24, 2.45) is 5.73 Å². The molecule has 0 spiro atoms. The first kappa shape index (κ1) is 13.6. The van der Waals surface area contributed by atoms with Crippen molar-refractivity contribution in [2.45, 2.75) is 12.5 Å². The van der Waals surface area contributed by atoms with E-state index in [0.717, 1.165) is 11.8 Å². The molecular formula is C15H16N2O4. The molecule has 0 saturated carbocycles. The molecule has 2 heterocycles. The standard InChI is InChI=1S/C15H16N2O4/c16-11-5-6-17(8-11)14(18)9-20-12-3-1-10-2-4-15(19)21-13(10)7-12/h1-4,7,11H,5-6,8-9,16H2/t11-/m1/s1. The number of nitrogens with two attached hydrogens (primary N) is 1. The molecule has 1 fully saturated rings. The number of hydrogen-bond acceptors (Lipinski definition) is 5. The van der Waals surface area contributed by atoms with Gasteiger partial charge in [0.2, 0.25) is 0 Å². The van der Waals surface area contributed by atoms with Crippen LogP contribution in [0.2, 0.25) is 0 Å². The molecule has 1 aliphatic heterocycles. The Morgan fingerprint density at radius 2 is 2.19 bits per heavy atom. The normalized spacial score (nSPS) is 18.1. The first-order valence-electron chi connectivity index (χ1n) is 6.82. The minimum Gasteiger partial charge on any atom is -0.484 e. The zero-order valence-electron chi connectivity index (χ0n) is 11.5. The van der Waals surface area contributed by atoms with Gasteiger partial charge in [-0.2, -0.15) is 0 Å². The molecule has 1 amide bonds. The number of carbonyl (C=O) groups excluding carboxylic acids is 1. The van der Waals surface area contributed by atoms with E-state index in [9.17, 15) is 9.59 Å². The Hall–Kier alpha value is -2.34. The number of benzene rings is 1. The topological polar surface area (TPSA) is 85.8 Å². The van der Waals surface area contributed by atoms with Crippen molar-refractivity contribution in [3.8, 4) is 5.75 Å². The molecule has 0 unspecified atom stereocenters. The van der Waals surface area contributed by atoms with Crippen LogP contribution in [0, 0.1) is 0 Å². The molecule has 6 nitrogen and oxygen atoms in total. The summed E-state index contributed by atoms with van der Waals surface area (Å²) in [6, 6.07) is 8.24. The number of fused-ring (bicyclic) bond motifs is 1. The smallest absolute Gasteiger partial charge is 0.336 e. The first-order valence-corrected chi connectivity index (χ1v) is 6.82. The van der Waals surface area contributed by atoms with Gasteiger partial charge in [0.25, 0.3) is 5.91 Å². The van der Waals surface area contributed by atoms with Gasteiger partial charge < -0.3 is 19.8 Å². The fraction of sp³-hybridized carbons (Fsp3) is 0.333. The molecule has 2 N–H and O–H groups in total. The summed E-state index contributed by atoms with van der Waals surface area (Å²) in [5.74, 6) is 0.409. The van der Waals surface area contributed by atoms with E-state index in [1.807, 2.05) is 0 Å². The molecule has 1 atom stereocenters. The lowest BCUT2D eigenvalue weighted by Crippen LogP contribution is -2.35. The third-order valence-corrected chi connectivity index (χ3v) is 3.53. The van der Waals surface area contributed by atoms with Crippen molar-refractivity contribution in [3.63, 3.8) is 0 Å². The van der Waals surface area contributed by atoms with Crippen molar-refractivity contribution in [1.82, 2.24) is 4.90 Å². The van der Waals surface area contributed by atoms with Gasteiger partial charge in [0.05, 0.1) is 0 Å². The van der Waals surface area contributed by atoms with Crippen LogP contribution in [-0.4, -0.2) is 36.5 Å². The summed E-state index contributed by atoms with van der Waals surface area (Å²) in [7, 11) is 0. The van der Waals surface area contributed by atoms with E-state index in [-0.39, 0.29) is 18.6 Å². The summed E-state index contributed by atoms with van der Waals surface area (Å²) in [5, 5.41) is 0.804. The van der Waals surface area contributed by atoms with Gasteiger partial charge in [0.15, 0.2) is 6.61 Å². The zero-order valence-corrected chi connectivity index (χ0v) is 11.5. The summed E-state index contributed by atoms with van der Waals surface area (Å²) in [6.07, 6.45) is 0.826. The van der Waals surface area contributed by atoms with Gasteiger partial charge in [-0.1, -0.05) is 0 Å². The molecule has 110 valence electrons. The summed E-state index contributed by atoms with van der Waals surface area (Å²) in [4.78, 5) is 24.8. The number of nitrogens with zero attached hydrogens (tertiary/aromatic N) is 1. The number of hydrogen-bond donors (Lipinski definition) is 1. The van der Waals surface area contributed by atoms with Crippen molar-refractivity contribution in [3.05, 3.63) is 40.8 Å². The van der Waals surface area contributed by atoms with Crippen molar-refractivity contribution in [1.29, 1.82) is 0 Å². The lowest BCUT2D eigenvalue weighted by atomic mass is 10.2. The summed E-state index contributed by atoms with van der Waals surface area (Å²) >= 11 is 0. The Balaban J connectivity index is 1.67. The highest BCUT2D eigenvalue weighted by molar-refractivity contribution is 5.79. The second-order valence-electron chi connectivity index (χ2n) is 5.13. The second kappa shape index (κ2) is 5.57. The van der Waals surface area contributed by atoms with E-state index >= 15 is 0 Å². The van der Waals surface area contributed by atoms with E-state index in [1.165, 1.54) is 6.07 Å². The Labute approximate surface area is 121 Å². The van der Waals surface area contributed by atoms with Gasteiger partial charge in [-0.15, -0.1) is 0 Å². The predicted octanol–water partition coefficient (Wildman–Crippen LogP) is 0.731. The summed E-state index contributed by atoms with van der Waals surface area (Å²) in [6.45, 7) is 1.21. The number of carbonyl (C=O) groups is 1. The lowest BCUT2D eigenvalue weighted by Gasteiger charge is -2.16. The highest BCUT2D eigenvalue weighted by atomic mass is 16.5. The molecule has 21 heavy (non-hydrogen) atoms. The molecule has 3 rings (SSSR count). The van der Waals surface area contributed by atoms with Crippen molar-refractivity contribution >= 4 is 16.9 Å². The molecule has 1 aromatic carbocycles. The minimum absolute atomic E-state index is 0.0463. The van der Waals surface area contributed by atoms with Gasteiger partial charge in [-0.3, -0.25) is 4.79 Å². The van der Waals surface area contributed by atoms with E-state index in [1.54, 1.807) is 29.2 Å². The second-order valence-corrected chi connectivity index (χ2v) is 5.13. The van der Waals surface area contributed by atoms with Gasteiger partial charge in [-0.25, -0.2) is 4.79 Å². The Morgan fingerprint density at radius 1 is 1.38 bits per heavy atom. The highest BCUT2D eigenvalue weighted by Gasteiger charge is 2.23. The number of ether oxygens (including phenoxy) is 1. The predicted molar refractivity (Wildman–Crippen MR) is 77.2 cm³/mol. The van der Waals surface area contributed by atoms with E-state index < -0.39 is 5.63 Å². The molecule has 1 aliphatic rings. The van der Waals surface area contributed by atoms with E-state index in [4.69, 9.17) is 14.9 Å². The van der Waals surface area contributed by atoms with Crippen LogP contribution in [0.25, 0.3) is 11.0 Å². The monoisotopic (exact) mass is 288 g/mol. The largest absolute Gasteiger partial charge is 0.484 e. The van der Waals surface area contributed by atoms with Gasteiger partial charge in [-0.05, 0) is 24.6 Å². The van der Waals surface area contributed by atoms with Crippen LogP contribution in [0.1, 0.15) is 6.42 Å². The Bertz CT molecular complexity index is 725. The molecular weight excluding hydrogens is 272 g/mol. The van der Waals surface area contributed by atoms with Crippen LogP contribution in [0.3, 0.4) is 0 Å². The van der Waals surface area contributed by atoms with Crippen molar-refractivity contribution < 1.29 is 13.9 Å². The van der Waals surface area contributed by atoms with Crippen molar-refractivity contribution in [2.75, 3.05) is 19.7 Å². The fourth-order valence-corrected chi connectivity index (χ4v) is 2.38. The zero-order chi connectivity index (χ0) is 14.8. The molecule has 0 aliphatic carbocycles. The van der Waals surface area contributed by atoms with Crippen LogP contribution in [0.5, 0.6) is 5.75 Å². The molecule has 0 bridgehead atoms. The molecule has 1 aromatic heterocycles. The molecule has 0 radical (unpaired) electrons. The third kappa shape index (κ3) is 3.05. The minimum atomic E-state index is -0.415. The van der Waals surface area contributed by atoms with E-state index in [2.05, 4.69) is 0 Å². The number of rotatable bonds is 3. The van der Waals surface area contributed by atoms with Crippen LogP contribution in [-0.2, 0) is 4.79 Å². The van der Waals surface area contributed by atoms with Crippen LogP contribution >= 0.6 is 0 Å². The summed E-state index contributed by atoms with van der Waals surface area (Å²) in [5.41, 5.74) is 5.80. The first-order chi connectivity index (χ1) is 10.1. The van der Waals surface area contributed by atoms with E-state index in [0.29, 0.717) is 24.4 Å². The highest BCUT2D eigenvalue weighted by Crippen LogP contribution is 2.19. The molecule has 6 heteroatoms. The quantitative estimate of drug-likeness (QED) is 0.842. The maximum Gasteiger partial charge on any atom is 0.336 e. The Kier molecular flexibility index (Phi) is 3.62. The maximum absolute atomic E-state index is 12.0.